The second-order valence-corrected chi connectivity index (χ2v) is 7.12. The molecule has 1 aliphatic heterocycles. The van der Waals surface area contributed by atoms with E-state index in [2.05, 4.69) is 0 Å². The summed E-state index contributed by atoms with van der Waals surface area (Å²) in [6.07, 6.45) is 1.18. The Hall–Kier alpha value is -2.41. The van der Waals surface area contributed by atoms with Gasteiger partial charge in [-0.2, -0.15) is 0 Å². The fourth-order valence-corrected chi connectivity index (χ4v) is 4.32. The first-order chi connectivity index (χ1) is 10.9. The Morgan fingerprint density at radius 2 is 1.91 bits per heavy atom. The van der Waals surface area contributed by atoms with Crippen LogP contribution in [0.4, 0.5) is 10.1 Å². The van der Waals surface area contributed by atoms with Gasteiger partial charge in [-0.25, -0.2) is 17.6 Å². The van der Waals surface area contributed by atoms with Gasteiger partial charge in [-0.05, 0) is 42.7 Å². The number of halogens is 1. The van der Waals surface area contributed by atoms with E-state index in [1.807, 2.05) is 0 Å². The second kappa shape index (κ2) is 5.66. The number of nitrogens with zero attached hydrogens (tertiary/aromatic N) is 1. The van der Waals surface area contributed by atoms with Crippen molar-refractivity contribution in [2.75, 3.05) is 10.8 Å². The number of aromatic carboxylic acids is 1. The molecule has 3 rings (SSSR count). The Balaban J connectivity index is 2.12. The third-order valence-electron chi connectivity index (χ3n) is 3.80. The molecule has 1 heterocycles. The molecule has 0 atom stereocenters. The van der Waals surface area contributed by atoms with Crippen LogP contribution in [0.1, 0.15) is 22.3 Å². The molecule has 23 heavy (non-hydrogen) atoms. The van der Waals surface area contributed by atoms with Crippen molar-refractivity contribution in [3.05, 3.63) is 59.4 Å². The van der Waals surface area contributed by atoms with Crippen molar-refractivity contribution in [3.8, 4) is 0 Å². The van der Waals surface area contributed by atoms with Gasteiger partial charge in [-0.1, -0.05) is 18.2 Å². The summed E-state index contributed by atoms with van der Waals surface area (Å²) in [6, 6.07) is 9.56. The first-order valence-corrected chi connectivity index (χ1v) is 8.49. The van der Waals surface area contributed by atoms with Crippen LogP contribution in [0.15, 0.2) is 47.4 Å². The van der Waals surface area contributed by atoms with Gasteiger partial charge >= 0.3 is 5.97 Å². The number of para-hydroxylation sites is 1. The van der Waals surface area contributed by atoms with Crippen LogP contribution in [0.2, 0.25) is 0 Å². The minimum atomic E-state index is -4.02. The fraction of sp³-hybridized carbons (Fsp3) is 0.188. The van der Waals surface area contributed by atoms with Gasteiger partial charge in [0.25, 0.3) is 10.0 Å². The second-order valence-electron chi connectivity index (χ2n) is 5.26. The van der Waals surface area contributed by atoms with E-state index in [0.29, 0.717) is 18.4 Å². The average Bonchev–Trinajstić information content (AvgIpc) is 2.54. The SMILES string of the molecule is O=C(O)c1cccc(S(=O)(=O)N2CCCc3cccc(F)c32)c1. The zero-order valence-electron chi connectivity index (χ0n) is 12.1. The summed E-state index contributed by atoms with van der Waals surface area (Å²) in [5.41, 5.74) is 0.561. The van der Waals surface area contributed by atoms with Gasteiger partial charge in [-0.15, -0.1) is 0 Å². The molecule has 0 fully saturated rings. The van der Waals surface area contributed by atoms with Gasteiger partial charge in [0.15, 0.2) is 0 Å². The molecule has 120 valence electrons. The van der Waals surface area contributed by atoms with Crippen LogP contribution in [0.3, 0.4) is 0 Å². The number of hydrogen-bond donors (Lipinski definition) is 1. The summed E-state index contributed by atoms with van der Waals surface area (Å²) in [7, 11) is -4.02. The van der Waals surface area contributed by atoms with Gasteiger partial charge in [-0.3, -0.25) is 4.31 Å². The maximum absolute atomic E-state index is 14.2. The molecule has 0 aromatic heterocycles. The lowest BCUT2D eigenvalue weighted by Crippen LogP contribution is -2.36. The van der Waals surface area contributed by atoms with Crippen LogP contribution in [-0.4, -0.2) is 26.0 Å². The molecule has 2 aromatic rings. The first-order valence-electron chi connectivity index (χ1n) is 7.05. The number of fused-ring (bicyclic) bond motifs is 1. The number of rotatable bonds is 3. The largest absolute Gasteiger partial charge is 0.478 e. The summed E-state index contributed by atoms with van der Waals surface area (Å²) in [5, 5.41) is 9.02. The number of sulfonamides is 1. The zero-order valence-corrected chi connectivity index (χ0v) is 12.9. The number of carboxylic acid groups (broad SMARTS) is 1. The Morgan fingerprint density at radius 1 is 1.17 bits per heavy atom. The summed E-state index contributed by atoms with van der Waals surface area (Å²) in [6.45, 7) is 0.160. The van der Waals surface area contributed by atoms with Crippen LogP contribution >= 0.6 is 0 Å². The van der Waals surface area contributed by atoms with Crippen molar-refractivity contribution in [3.63, 3.8) is 0 Å². The highest BCUT2D eigenvalue weighted by atomic mass is 32.2. The minimum Gasteiger partial charge on any atom is -0.478 e. The van der Waals surface area contributed by atoms with E-state index in [1.54, 1.807) is 12.1 Å². The Labute approximate surface area is 133 Å². The minimum absolute atomic E-state index is 0.0551. The molecular weight excluding hydrogens is 321 g/mol. The fourth-order valence-electron chi connectivity index (χ4n) is 2.72. The monoisotopic (exact) mass is 335 g/mol. The van der Waals surface area contributed by atoms with Crippen LogP contribution in [0.25, 0.3) is 0 Å². The predicted octanol–water partition coefficient (Wildman–Crippen LogP) is 2.67. The zero-order chi connectivity index (χ0) is 16.6. The van der Waals surface area contributed by atoms with E-state index >= 15 is 0 Å². The van der Waals surface area contributed by atoms with Crippen LogP contribution in [0, 0.1) is 5.82 Å². The smallest absolute Gasteiger partial charge is 0.335 e. The quantitative estimate of drug-likeness (QED) is 0.936. The highest BCUT2D eigenvalue weighted by Gasteiger charge is 2.31. The van der Waals surface area contributed by atoms with Gasteiger partial charge in [0.1, 0.15) is 5.82 Å². The van der Waals surface area contributed by atoms with E-state index < -0.39 is 21.8 Å². The topological polar surface area (TPSA) is 74.7 Å². The molecule has 0 radical (unpaired) electrons. The molecule has 7 heteroatoms. The lowest BCUT2D eigenvalue weighted by Gasteiger charge is -2.30. The van der Waals surface area contributed by atoms with Crippen molar-refractivity contribution < 1.29 is 22.7 Å². The molecule has 0 spiro atoms. The molecule has 0 saturated heterocycles. The maximum Gasteiger partial charge on any atom is 0.335 e. The van der Waals surface area contributed by atoms with Crippen molar-refractivity contribution in [1.29, 1.82) is 0 Å². The normalized spacial score (nSPS) is 14.4. The molecule has 0 amide bonds. The Bertz CT molecular complexity index is 879. The molecule has 0 saturated carbocycles. The molecule has 0 unspecified atom stereocenters. The highest BCUT2D eigenvalue weighted by Crippen LogP contribution is 2.34. The molecule has 1 aliphatic rings. The molecule has 0 bridgehead atoms. The van der Waals surface area contributed by atoms with E-state index in [-0.39, 0.29) is 22.7 Å². The molecule has 1 N–H and O–H groups in total. The standard InChI is InChI=1S/C16H14FNO4S/c17-14-8-2-4-11-6-3-9-18(15(11)14)23(21,22)13-7-1-5-12(10-13)16(19)20/h1-2,4-5,7-8,10H,3,6,9H2,(H,19,20). The van der Waals surface area contributed by atoms with Gasteiger partial charge < -0.3 is 5.11 Å². The third-order valence-corrected chi connectivity index (χ3v) is 5.59. The molecule has 0 aliphatic carbocycles. The Morgan fingerprint density at radius 3 is 2.65 bits per heavy atom. The van der Waals surface area contributed by atoms with Crippen LogP contribution in [-0.2, 0) is 16.4 Å². The summed E-state index contributed by atoms with van der Waals surface area (Å²) >= 11 is 0. The summed E-state index contributed by atoms with van der Waals surface area (Å²) in [4.78, 5) is 10.9. The molecule has 2 aromatic carbocycles. The van der Waals surface area contributed by atoms with E-state index in [9.17, 15) is 17.6 Å². The molecule has 5 nitrogen and oxygen atoms in total. The van der Waals surface area contributed by atoms with E-state index in [1.165, 1.54) is 24.3 Å². The van der Waals surface area contributed by atoms with Crippen molar-refractivity contribution in [2.24, 2.45) is 0 Å². The average molecular weight is 335 g/mol. The number of anilines is 1. The number of carboxylic acids is 1. The molecular formula is C16H14FNO4S. The predicted molar refractivity (Wildman–Crippen MR) is 82.7 cm³/mol. The maximum atomic E-state index is 14.2. The third kappa shape index (κ3) is 2.68. The van der Waals surface area contributed by atoms with Gasteiger partial charge in [0, 0.05) is 6.54 Å². The highest BCUT2D eigenvalue weighted by molar-refractivity contribution is 7.92. The summed E-state index contributed by atoms with van der Waals surface area (Å²) < 4.78 is 40.9. The van der Waals surface area contributed by atoms with Gasteiger partial charge in [0.05, 0.1) is 16.1 Å². The van der Waals surface area contributed by atoms with Crippen LogP contribution < -0.4 is 4.31 Å². The van der Waals surface area contributed by atoms with Crippen LogP contribution in [0.5, 0.6) is 0 Å². The van der Waals surface area contributed by atoms with Crippen molar-refractivity contribution >= 4 is 21.7 Å². The Kier molecular flexibility index (Phi) is 3.81. The number of hydrogen-bond acceptors (Lipinski definition) is 3. The van der Waals surface area contributed by atoms with E-state index in [0.717, 1.165) is 10.4 Å². The van der Waals surface area contributed by atoms with Gasteiger partial charge in [0.2, 0.25) is 0 Å². The lowest BCUT2D eigenvalue weighted by molar-refractivity contribution is 0.0696. The number of aryl methyl sites for hydroxylation is 1. The number of carbonyl (C=O) groups is 1. The lowest BCUT2D eigenvalue weighted by atomic mass is 10.0. The van der Waals surface area contributed by atoms with Crippen molar-refractivity contribution in [1.82, 2.24) is 0 Å². The first kappa shape index (κ1) is 15.5. The number of benzene rings is 2. The summed E-state index contributed by atoms with van der Waals surface area (Å²) in [5.74, 6) is -1.81. The van der Waals surface area contributed by atoms with Crippen molar-refractivity contribution in [2.45, 2.75) is 17.7 Å². The van der Waals surface area contributed by atoms with E-state index in [4.69, 9.17) is 5.11 Å².